The lowest BCUT2D eigenvalue weighted by atomic mass is 10.0. The second-order valence-corrected chi connectivity index (χ2v) is 7.81. The van der Waals surface area contributed by atoms with Crippen molar-refractivity contribution in [1.82, 2.24) is 24.8 Å². The predicted octanol–water partition coefficient (Wildman–Crippen LogP) is 3.49. The lowest BCUT2D eigenvalue weighted by Crippen LogP contribution is -2.35. The van der Waals surface area contributed by atoms with Gasteiger partial charge in [-0.1, -0.05) is 11.6 Å². The van der Waals surface area contributed by atoms with Gasteiger partial charge in [0.05, 0.1) is 5.69 Å². The van der Waals surface area contributed by atoms with Gasteiger partial charge in [-0.3, -0.25) is 14.7 Å². The van der Waals surface area contributed by atoms with Gasteiger partial charge >= 0.3 is 0 Å². The van der Waals surface area contributed by atoms with Gasteiger partial charge in [0.2, 0.25) is 0 Å². The smallest absolute Gasteiger partial charge is 0.254 e. The van der Waals surface area contributed by atoms with Crippen LogP contribution >= 0.6 is 0 Å². The Morgan fingerprint density at radius 3 is 2.76 bits per heavy atom. The summed E-state index contributed by atoms with van der Waals surface area (Å²) in [6, 6.07) is 10.3. The molecule has 1 aromatic carbocycles. The van der Waals surface area contributed by atoms with E-state index in [1.807, 2.05) is 12.1 Å². The van der Waals surface area contributed by atoms with Crippen molar-refractivity contribution >= 4 is 10.9 Å². The summed E-state index contributed by atoms with van der Waals surface area (Å²) in [5, 5.41) is 1.28. The molecule has 146 valence electrons. The fraction of sp³-hybridized carbons (Fsp3) is 0.261. The first-order chi connectivity index (χ1) is 14.1. The van der Waals surface area contributed by atoms with E-state index in [9.17, 15) is 4.79 Å². The molecule has 0 bridgehead atoms. The maximum atomic E-state index is 12.6. The molecule has 0 radical (unpaired) electrons. The van der Waals surface area contributed by atoms with E-state index >= 15 is 0 Å². The second-order valence-electron chi connectivity index (χ2n) is 7.81. The molecule has 0 amide bonds. The zero-order chi connectivity index (χ0) is 20.0. The maximum Gasteiger partial charge on any atom is 0.254 e. The zero-order valence-electron chi connectivity index (χ0n) is 16.6. The summed E-state index contributed by atoms with van der Waals surface area (Å²) in [6.45, 7) is 6.62. The van der Waals surface area contributed by atoms with E-state index in [1.165, 1.54) is 27.7 Å². The Morgan fingerprint density at radius 2 is 1.93 bits per heavy atom. The molecule has 4 aromatic rings. The maximum absolute atomic E-state index is 12.6. The summed E-state index contributed by atoms with van der Waals surface area (Å²) < 4.78 is 0. The highest BCUT2D eigenvalue weighted by Crippen LogP contribution is 2.27. The van der Waals surface area contributed by atoms with Crippen LogP contribution in [-0.4, -0.2) is 31.4 Å². The SMILES string of the molecule is Cc1ccc2[nH]c(C)c(CN3CCc4c(nc(-c5ccncc5)[nH]c4=O)C3)c2c1. The molecule has 1 aliphatic heterocycles. The number of hydrogen-bond acceptors (Lipinski definition) is 4. The molecule has 6 nitrogen and oxygen atoms in total. The summed E-state index contributed by atoms with van der Waals surface area (Å²) in [6.07, 6.45) is 4.14. The van der Waals surface area contributed by atoms with Crippen LogP contribution in [0.4, 0.5) is 0 Å². The molecule has 0 spiro atoms. The van der Waals surface area contributed by atoms with Gasteiger partial charge in [-0.2, -0.15) is 0 Å². The number of hydrogen-bond donors (Lipinski definition) is 2. The van der Waals surface area contributed by atoms with Crippen molar-refractivity contribution in [2.45, 2.75) is 33.4 Å². The van der Waals surface area contributed by atoms with E-state index in [1.54, 1.807) is 12.4 Å². The highest BCUT2D eigenvalue weighted by Gasteiger charge is 2.23. The van der Waals surface area contributed by atoms with Gasteiger partial charge in [0.1, 0.15) is 5.82 Å². The number of fused-ring (bicyclic) bond motifs is 2. The molecular formula is C23H23N5O. The van der Waals surface area contributed by atoms with Gasteiger partial charge in [0.25, 0.3) is 5.56 Å². The Morgan fingerprint density at radius 1 is 1.10 bits per heavy atom. The lowest BCUT2D eigenvalue weighted by Gasteiger charge is -2.28. The molecule has 0 atom stereocenters. The third kappa shape index (κ3) is 3.25. The molecular weight excluding hydrogens is 362 g/mol. The molecule has 2 N–H and O–H groups in total. The number of rotatable bonds is 3. The van der Waals surface area contributed by atoms with Crippen LogP contribution in [0.3, 0.4) is 0 Å². The molecule has 0 saturated heterocycles. The minimum absolute atomic E-state index is 0.0274. The third-order valence-electron chi connectivity index (χ3n) is 5.76. The molecule has 0 aliphatic carbocycles. The van der Waals surface area contributed by atoms with E-state index in [4.69, 9.17) is 4.98 Å². The van der Waals surface area contributed by atoms with E-state index in [-0.39, 0.29) is 5.56 Å². The fourth-order valence-corrected chi connectivity index (χ4v) is 4.20. The van der Waals surface area contributed by atoms with Crippen LogP contribution in [0.1, 0.15) is 28.1 Å². The van der Waals surface area contributed by atoms with E-state index < -0.39 is 0 Å². The van der Waals surface area contributed by atoms with Gasteiger partial charge in [0.15, 0.2) is 0 Å². The summed E-state index contributed by atoms with van der Waals surface area (Å²) in [5.41, 5.74) is 7.50. The number of nitrogens with one attached hydrogen (secondary N) is 2. The van der Waals surface area contributed by atoms with Gasteiger partial charge in [-0.25, -0.2) is 4.98 Å². The molecule has 0 fully saturated rings. The molecule has 3 aromatic heterocycles. The van der Waals surface area contributed by atoms with Gasteiger partial charge in [0, 0.05) is 59.8 Å². The average molecular weight is 385 g/mol. The van der Waals surface area contributed by atoms with Crippen LogP contribution in [-0.2, 0) is 19.5 Å². The van der Waals surface area contributed by atoms with Gasteiger partial charge in [-0.05, 0) is 50.1 Å². The van der Waals surface area contributed by atoms with Crippen molar-refractivity contribution < 1.29 is 0 Å². The fourth-order valence-electron chi connectivity index (χ4n) is 4.20. The van der Waals surface area contributed by atoms with E-state index in [0.717, 1.165) is 29.9 Å². The molecule has 5 rings (SSSR count). The van der Waals surface area contributed by atoms with Crippen LogP contribution < -0.4 is 5.56 Å². The second kappa shape index (κ2) is 6.97. The minimum Gasteiger partial charge on any atom is -0.358 e. The first-order valence-corrected chi connectivity index (χ1v) is 9.91. The molecule has 4 heterocycles. The molecule has 0 saturated carbocycles. The van der Waals surface area contributed by atoms with Crippen LogP contribution in [0.15, 0.2) is 47.5 Å². The zero-order valence-corrected chi connectivity index (χ0v) is 16.6. The van der Waals surface area contributed by atoms with Crippen molar-refractivity contribution in [1.29, 1.82) is 0 Å². The molecule has 1 aliphatic rings. The Kier molecular flexibility index (Phi) is 4.28. The third-order valence-corrected chi connectivity index (χ3v) is 5.76. The number of nitrogens with zero attached hydrogens (tertiary/aromatic N) is 3. The quantitative estimate of drug-likeness (QED) is 0.566. The van der Waals surface area contributed by atoms with E-state index in [0.29, 0.717) is 18.8 Å². The highest BCUT2D eigenvalue weighted by molar-refractivity contribution is 5.85. The van der Waals surface area contributed by atoms with Crippen molar-refractivity contribution in [2.75, 3.05) is 6.54 Å². The molecule has 6 heteroatoms. The normalized spacial score (nSPS) is 14.3. The van der Waals surface area contributed by atoms with Gasteiger partial charge < -0.3 is 9.97 Å². The van der Waals surface area contributed by atoms with Crippen LogP contribution in [0, 0.1) is 13.8 Å². The number of benzene rings is 1. The molecule has 29 heavy (non-hydrogen) atoms. The summed E-state index contributed by atoms with van der Waals surface area (Å²) in [5.74, 6) is 0.608. The Hall–Kier alpha value is -3.25. The summed E-state index contributed by atoms with van der Waals surface area (Å²) in [4.78, 5) is 30.3. The summed E-state index contributed by atoms with van der Waals surface area (Å²) >= 11 is 0. The Bertz CT molecular complexity index is 1260. The Balaban J connectivity index is 1.47. The van der Waals surface area contributed by atoms with Gasteiger partial charge in [-0.15, -0.1) is 0 Å². The average Bonchev–Trinajstić information content (AvgIpc) is 3.03. The molecule has 0 unspecified atom stereocenters. The summed E-state index contributed by atoms with van der Waals surface area (Å²) in [7, 11) is 0. The number of pyridine rings is 1. The first kappa shape index (κ1) is 17.8. The van der Waals surface area contributed by atoms with Crippen LogP contribution in [0.5, 0.6) is 0 Å². The first-order valence-electron chi connectivity index (χ1n) is 9.91. The number of aryl methyl sites for hydroxylation is 2. The lowest BCUT2D eigenvalue weighted by molar-refractivity contribution is 0.241. The van der Waals surface area contributed by atoms with Crippen molar-refractivity contribution in [3.8, 4) is 11.4 Å². The van der Waals surface area contributed by atoms with Crippen LogP contribution in [0.25, 0.3) is 22.3 Å². The van der Waals surface area contributed by atoms with E-state index in [2.05, 4.69) is 51.9 Å². The predicted molar refractivity (Wildman–Crippen MR) is 114 cm³/mol. The topological polar surface area (TPSA) is 77.7 Å². The Labute approximate surface area is 168 Å². The van der Waals surface area contributed by atoms with Crippen molar-refractivity contribution in [2.24, 2.45) is 0 Å². The highest BCUT2D eigenvalue weighted by atomic mass is 16.1. The monoisotopic (exact) mass is 385 g/mol. The number of aromatic amines is 2. The largest absolute Gasteiger partial charge is 0.358 e. The number of aromatic nitrogens is 4. The number of H-pyrrole nitrogens is 2. The minimum atomic E-state index is -0.0274. The van der Waals surface area contributed by atoms with Crippen LogP contribution in [0.2, 0.25) is 0 Å². The standard InChI is InChI=1S/C23H23N5O/c1-14-3-4-20-18(11-14)19(15(2)25-20)12-28-10-7-17-21(13-28)26-22(27-23(17)29)16-5-8-24-9-6-16/h3-6,8-9,11,25H,7,10,12-13H2,1-2H3,(H,26,27,29). The van der Waals surface area contributed by atoms with Crippen molar-refractivity contribution in [3.05, 3.63) is 81.2 Å². The van der Waals surface area contributed by atoms with Crippen molar-refractivity contribution in [3.63, 3.8) is 0 Å².